The Kier molecular flexibility index (Phi) is 3.53. The van der Waals surface area contributed by atoms with Crippen LogP contribution in [0.3, 0.4) is 0 Å². The second-order valence-corrected chi connectivity index (χ2v) is 4.21. The van der Waals surface area contributed by atoms with E-state index in [1.165, 1.54) is 5.57 Å². The second kappa shape index (κ2) is 5.09. The van der Waals surface area contributed by atoms with Gasteiger partial charge in [-0.1, -0.05) is 16.9 Å². The van der Waals surface area contributed by atoms with E-state index < -0.39 is 0 Å². The van der Waals surface area contributed by atoms with E-state index in [9.17, 15) is 4.79 Å². The number of aromatic nitrogens is 3. The van der Waals surface area contributed by atoms with E-state index in [-0.39, 0.29) is 5.91 Å². The average molecular weight is 235 g/mol. The fourth-order valence-corrected chi connectivity index (χ4v) is 1.76. The minimum Gasteiger partial charge on any atom is -0.333 e. The third-order valence-electron chi connectivity index (χ3n) is 2.84. The standard InChI is InChI=1S/C11H17N5O/c1-9-2-5-15(6-3-9)11(17)10-8-16(7-4-12)14-13-10/h2,8H,3-7,12H2,1H3. The SMILES string of the molecule is CC1=CCN(C(=O)c2cn(CCN)nn2)CC1. The van der Waals surface area contributed by atoms with Gasteiger partial charge in [0.15, 0.2) is 5.69 Å². The lowest BCUT2D eigenvalue weighted by Gasteiger charge is -2.24. The van der Waals surface area contributed by atoms with Crippen molar-refractivity contribution < 1.29 is 4.79 Å². The fraction of sp³-hybridized carbons (Fsp3) is 0.545. The van der Waals surface area contributed by atoms with Crippen LogP contribution in [0.1, 0.15) is 23.8 Å². The molecule has 0 saturated carbocycles. The third kappa shape index (κ3) is 2.71. The Morgan fingerprint density at radius 1 is 1.59 bits per heavy atom. The predicted octanol–water partition coefficient (Wildman–Crippen LogP) is 0.0290. The van der Waals surface area contributed by atoms with E-state index >= 15 is 0 Å². The topological polar surface area (TPSA) is 77.0 Å². The smallest absolute Gasteiger partial charge is 0.276 e. The highest BCUT2D eigenvalue weighted by molar-refractivity contribution is 5.92. The summed E-state index contributed by atoms with van der Waals surface area (Å²) in [5, 5.41) is 7.73. The average Bonchev–Trinajstić information content (AvgIpc) is 2.78. The Morgan fingerprint density at radius 3 is 3.06 bits per heavy atom. The minimum atomic E-state index is -0.0583. The molecule has 1 amide bonds. The van der Waals surface area contributed by atoms with Crippen LogP contribution in [0.15, 0.2) is 17.8 Å². The quantitative estimate of drug-likeness (QED) is 0.750. The summed E-state index contributed by atoms with van der Waals surface area (Å²) >= 11 is 0. The van der Waals surface area contributed by atoms with E-state index in [2.05, 4.69) is 23.3 Å². The van der Waals surface area contributed by atoms with Crippen molar-refractivity contribution in [3.8, 4) is 0 Å². The molecule has 2 heterocycles. The van der Waals surface area contributed by atoms with Crippen LogP contribution in [0, 0.1) is 0 Å². The largest absolute Gasteiger partial charge is 0.333 e. The molecule has 0 atom stereocenters. The zero-order valence-corrected chi connectivity index (χ0v) is 9.96. The van der Waals surface area contributed by atoms with E-state index in [1.807, 2.05) is 0 Å². The molecule has 0 unspecified atom stereocenters. The van der Waals surface area contributed by atoms with Crippen LogP contribution < -0.4 is 5.73 Å². The van der Waals surface area contributed by atoms with Gasteiger partial charge in [-0.15, -0.1) is 5.10 Å². The number of carbonyl (C=O) groups is 1. The molecule has 1 aliphatic heterocycles. The summed E-state index contributed by atoms with van der Waals surface area (Å²) in [6.45, 7) is 4.57. The Bertz CT molecular complexity index is 437. The van der Waals surface area contributed by atoms with Crippen LogP contribution in [0.2, 0.25) is 0 Å². The summed E-state index contributed by atoms with van der Waals surface area (Å²) in [5.74, 6) is -0.0583. The zero-order valence-electron chi connectivity index (χ0n) is 9.96. The molecule has 0 radical (unpaired) electrons. The molecule has 6 nitrogen and oxygen atoms in total. The van der Waals surface area contributed by atoms with Crippen LogP contribution in [0.25, 0.3) is 0 Å². The molecular formula is C11H17N5O. The van der Waals surface area contributed by atoms with Gasteiger partial charge in [0.25, 0.3) is 5.91 Å². The van der Waals surface area contributed by atoms with E-state index in [0.29, 0.717) is 25.3 Å². The van der Waals surface area contributed by atoms with Gasteiger partial charge in [0.2, 0.25) is 0 Å². The molecule has 0 aliphatic carbocycles. The highest BCUT2D eigenvalue weighted by Crippen LogP contribution is 2.11. The van der Waals surface area contributed by atoms with E-state index in [4.69, 9.17) is 5.73 Å². The molecule has 6 heteroatoms. The molecule has 2 rings (SSSR count). The molecule has 17 heavy (non-hydrogen) atoms. The number of hydrogen-bond donors (Lipinski definition) is 1. The summed E-state index contributed by atoms with van der Waals surface area (Å²) in [6.07, 6.45) is 4.66. The molecule has 1 aromatic rings. The first-order valence-electron chi connectivity index (χ1n) is 5.76. The molecule has 92 valence electrons. The Hall–Kier alpha value is -1.69. The highest BCUT2D eigenvalue weighted by Gasteiger charge is 2.20. The molecule has 0 spiro atoms. The van der Waals surface area contributed by atoms with Gasteiger partial charge in [-0.3, -0.25) is 9.48 Å². The normalized spacial score (nSPS) is 15.9. The fourth-order valence-electron chi connectivity index (χ4n) is 1.76. The van der Waals surface area contributed by atoms with Crippen molar-refractivity contribution in [3.63, 3.8) is 0 Å². The molecule has 0 bridgehead atoms. The van der Waals surface area contributed by atoms with Crippen LogP contribution in [-0.2, 0) is 6.54 Å². The number of nitrogens with two attached hydrogens (primary N) is 1. The van der Waals surface area contributed by atoms with Crippen molar-refractivity contribution in [2.75, 3.05) is 19.6 Å². The van der Waals surface area contributed by atoms with Crippen LogP contribution in [-0.4, -0.2) is 45.4 Å². The lowest BCUT2D eigenvalue weighted by Crippen LogP contribution is -2.34. The number of nitrogens with zero attached hydrogens (tertiary/aromatic N) is 4. The zero-order chi connectivity index (χ0) is 12.3. The van der Waals surface area contributed by atoms with Gasteiger partial charge >= 0.3 is 0 Å². The number of rotatable bonds is 3. The summed E-state index contributed by atoms with van der Waals surface area (Å²) < 4.78 is 1.60. The van der Waals surface area contributed by atoms with Gasteiger partial charge in [-0.05, 0) is 13.3 Å². The van der Waals surface area contributed by atoms with Crippen LogP contribution in [0.5, 0.6) is 0 Å². The van der Waals surface area contributed by atoms with Gasteiger partial charge in [-0.2, -0.15) is 0 Å². The third-order valence-corrected chi connectivity index (χ3v) is 2.84. The maximum atomic E-state index is 12.1. The van der Waals surface area contributed by atoms with Crippen LogP contribution >= 0.6 is 0 Å². The minimum absolute atomic E-state index is 0.0583. The Labute approximate surface area is 100 Å². The number of hydrogen-bond acceptors (Lipinski definition) is 4. The maximum Gasteiger partial charge on any atom is 0.276 e. The molecule has 0 saturated heterocycles. The van der Waals surface area contributed by atoms with Crippen molar-refractivity contribution in [2.24, 2.45) is 5.73 Å². The summed E-state index contributed by atoms with van der Waals surface area (Å²) in [7, 11) is 0. The molecular weight excluding hydrogens is 218 g/mol. The summed E-state index contributed by atoms with van der Waals surface area (Å²) in [5.41, 5.74) is 7.14. The van der Waals surface area contributed by atoms with Crippen molar-refractivity contribution in [1.29, 1.82) is 0 Å². The van der Waals surface area contributed by atoms with Crippen molar-refractivity contribution in [3.05, 3.63) is 23.5 Å². The highest BCUT2D eigenvalue weighted by atomic mass is 16.2. The van der Waals surface area contributed by atoms with Crippen LogP contribution in [0.4, 0.5) is 0 Å². The number of amides is 1. The Morgan fingerprint density at radius 2 is 2.41 bits per heavy atom. The second-order valence-electron chi connectivity index (χ2n) is 4.21. The van der Waals surface area contributed by atoms with Gasteiger partial charge in [0.1, 0.15) is 0 Å². The molecule has 1 aromatic heterocycles. The molecule has 2 N–H and O–H groups in total. The molecule has 0 fully saturated rings. The van der Waals surface area contributed by atoms with E-state index in [1.54, 1.807) is 15.8 Å². The molecule has 1 aliphatic rings. The number of carbonyl (C=O) groups excluding carboxylic acids is 1. The lowest BCUT2D eigenvalue weighted by molar-refractivity contribution is 0.0763. The van der Waals surface area contributed by atoms with Gasteiger partial charge in [0.05, 0.1) is 12.7 Å². The maximum absolute atomic E-state index is 12.1. The first kappa shape index (κ1) is 11.8. The van der Waals surface area contributed by atoms with Gasteiger partial charge in [0, 0.05) is 19.6 Å². The van der Waals surface area contributed by atoms with Gasteiger partial charge in [-0.25, -0.2) is 0 Å². The first-order valence-corrected chi connectivity index (χ1v) is 5.76. The first-order chi connectivity index (χ1) is 8.20. The molecule has 0 aromatic carbocycles. The van der Waals surface area contributed by atoms with Gasteiger partial charge < -0.3 is 10.6 Å². The summed E-state index contributed by atoms with van der Waals surface area (Å²) in [6, 6.07) is 0. The Balaban J connectivity index is 2.04. The van der Waals surface area contributed by atoms with Crippen molar-refractivity contribution in [1.82, 2.24) is 19.9 Å². The van der Waals surface area contributed by atoms with E-state index in [0.717, 1.165) is 13.0 Å². The van der Waals surface area contributed by atoms with Crippen molar-refractivity contribution in [2.45, 2.75) is 19.9 Å². The summed E-state index contributed by atoms with van der Waals surface area (Å²) in [4.78, 5) is 13.9. The van der Waals surface area contributed by atoms with Crippen molar-refractivity contribution >= 4 is 5.91 Å². The lowest BCUT2D eigenvalue weighted by atomic mass is 10.1. The predicted molar refractivity (Wildman–Crippen MR) is 63.4 cm³/mol. The monoisotopic (exact) mass is 235 g/mol.